The van der Waals surface area contributed by atoms with Gasteiger partial charge in [0.25, 0.3) is 0 Å². The highest BCUT2D eigenvalue weighted by atomic mass is 15.2. The van der Waals surface area contributed by atoms with Crippen LogP contribution in [0.5, 0.6) is 0 Å². The van der Waals surface area contributed by atoms with Crippen LogP contribution in [-0.4, -0.2) is 30.1 Å². The smallest absolute Gasteiger partial charge is 0.0170 e. The van der Waals surface area contributed by atoms with Crippen LogP contribution in [0.2, 0.25) is 0 Å². The average molecular weight is 226 g/mol. The van der Waals surface area contributed by atoms with Crippen LogP contribution in [0.4, 0.5) is 0 Å². The van der Waals surface area contributed by atoms with Gasteiger partial charge < -0.3 is 5.73 Å². The normalized spacial score (nSPS) is 18.8. The molecule has 0 aliphatic heterocycles. The SMILES string of the molecule is CC(C)CCN(CC(N)CC(C)C)C1CC1. The van der Waals surface area contributed by atoms with Crippen LogP contribution < -0.4 is 5.73 Å². The molecule has 2 nitrogen and oxygen atoms in total. The van der Waals surface area contributed by atoms with E-state index in [2.05, 4.69) is 32.6 Å². The fraction of sp³-hybridized carbons (Fsp3) is 1.00. The van der Waals surface area contributed by atoms with Crippen molar-refractivity contribution < 1.29 is 0 Å². The highest BCUT2D eigenvalue weighted by Gasteiger charge is 2.29. The minimum atomic E-state index is 0.368. The topological polar surface area (TPSA) is 29.3 Å². The standard InChI is InChI=1S/C14H30N2/c1-11(2)7-8-16(14-5-6-14)10-13(15)9-12(3)4/h11-14H,5-10,15H2,1-4H3. The Hall–Kier alpha value is -0.0800. The summed E-state index contributed by atoms with van der Waals surface area (Å²) in [4.78, 5) is 2.63. The maximum atomic E-state index is 6.21. The van der Waals surface area contributed by atoms with Crippen molar-refractivity contribution in [3.63, 3.8) is 0 Å². The van der Waals surface area contributed by atoms with Crippen molar-refractivity contribution in [2.45, 2.75) is 65.5 Å². The molecule has 1 unspecified atom stereocenters. The third-order valence-electron chi connectivity index (χ3n) is 3.30. The Morgan fingerprint density at radius 2 is 1.75 bits per heavy atom. The van der Waals surface area contributed by atoms with Crippen LogP contribution in [0.25, 0.3) is 0 Å². The fourth-order valence-electron chi connectivity index (χ4n) is 2.27. The van der Waals surface area contributed by atoms with Gasteiger partial charge >= 0.3 is 0 Å². The summed E-state index contributed by atoms with van der Waals surface area (Å²) >= 11 is 0. The summed E-state index contributed by atoms with van der Waals surface area (Å²) in [5, 5.41) is 0. The Labute approximate surface area is 102 Å². The summed E-state index contributed by atoms with van der Waals surface area (Å²) in [5.41, 5.74) is 6.21. The zero-order valence-electron chi connectivity index (χ0n) is 11.6. The molecule has 2 heteroatoms. The first kappa shape index (κ1) is 14.0. The Bertz CT molecular complexity index is 185. The summed E-state index contributed by atoms with van der Waals surface area (Å²) in [7, 11) is 0. The molecule has 1 aliphatic rings. The van der Waals surface area contributed by atoms with Crippen molar-refractivity contribution in [1.82, 2.24) is 4.90 Å². The van der Waals surface area contributed by atoms with E-state index in [0.717, 1.165) is 30.8 Å². The molecule has 0 spiro atoms. The van der Waals surface area contributed by atoms with Crippen LogP contribution in [0.3, 0.4) is 0 Å². The molecule has 1 saturated carbocycles. The van der Waals surface area contributed by atoms with E-state index in [-0.39, 0.29) is 0 Å². The van der Waals surface area contributed by atoms with Gasteiger partial charge in [-0.2, -0.15) is 0 Å². The molecule has 0 saturated heterocycles. The Kier molecular flexibility index (Phi) is 5.77. The lowest BCUT2D eigenvalue weighted by Gasteiger charge is -2.27. The van der Waals surface area contributed by atoms with Gasteiger partial charge in [0.1, 0.15) is 0 Å². The van der Waals surface area contributed by atoms with Gasteiger partial charge in [0.05, 0.1) is 0 Å². The van der Waals surface area contributed by atoms with Crippen LogP contribution >= 0.6 is 0 Å². The third-order valence-corrected chi connectivity index (χ3v) is 3.30. The molecular weight excluding hydrogens is 196 g/mol. The van der Waals surface area contributed by atoms with Gasteiger partial charge in [-0.1, -0.05) is 27.7 Å². The molecule has 1 aliphatic carbocycles. The molecule has 0 bridgehead atoms. The minimum Gasteiger partial charge on any atom is -0.327 e. The Balaban J connectivity index is 2.27. The maximum Gasteiger partial charge on any atom is 0.0170 e. The monoisotopic (exact) mass is 226 g/mol. The fourth-order valence-corrected chi connectivity index (χ4v) is 2.27. The largest absolute Gasteiger partial charge is 0.327 e. The van der Waals surface area contributed by atoms with Crippen molar-refractivity contribution in [1.29, 1.82) is 0 Å². The molecule has 16 heavy (non-hydrogen) atoms. The highest BCUT2D eigenvalue weighted by Crippen LogP contribution is 2.27. The lowest BCUT2D eigenvalue weighted by Crippen LogP contribution is -2.40. The molecule has 1 rings (SSSR count). The molecule has 2 N–H and O–H groups in total. The van der Waals surface area contributed by atoms with E-state index in [9.17, 15) is 0 Å². The van der Waals surface area contributed by atoms with Gasteiger partial charge in [0.15, 0.2) is 0 Å². The highest BCUT2D eigenvalue weighted by molar-refractivity contribution is 4.86. The van der Waals surface area contributed by atoms with Gasteiger partial charge in [-0.15, -0.1) is 0 Å². The van der Waals surface area contributed by atoms with Gasteiger partial charge in [-0.25, -0.2) is 0 Å². The van der Waals surface area contributed by atoms with Crippen molar-refractivity contribution in [2.75, 3.05) is 13.1 Å². The predicted octanol–water partition coefficient (Wildman–Crippen LogP) is 2.87. The second kappa shape index (κ2) is 6.61. The molecule has 96 valence electrons. The summed E-state index contributed by atoms with van der Waals surface area (Å²) in [6.45, 7) is 11.5. The molecule has 0 aromatic heterocycles. The first-order valence-electron chi connectivity index (χ1n) is 6.98. The molecular formula is C14H30N2. The number of hydrogen-bond acceptors (Lipinski definition) is 2. The molecule has 0 amide bonds. The van der Waals surface area contributed by atoms with E-state index in [0.29, 0.717) is 6.04 Å². The quantitative estimate of drug-likeness (QED) is 0.689. The van der Waals surface area contributed by atoms with Crippen LogP contribution in [0.15, 0.2) is 0 Å². The third kappa shape index (κ3) is 5.86. The number of nitrogens with two attached hydrogens (primary N) is 1. The lowest BCUT2D eigenvalue weighted by atomic mass is 10.0. The molecule has 0 radical (unpaired) electrons. The van der Waals surface area contributed by atoms with Gasteiger partial charge in [-0.3, -0.25) is 4.90 Å². The van der Waals surface area contributed by atoms with E-state index in [4.69, 9.17) is 5.73 Å². The van der Waals surface area contributed by atoms with Gasteiger partial charge in [-0.05, 0) is 44.1 Å². The second-order valence-corrected chi connectivity index (χ2v) is 6.30. The average Bonchev–Trinajstić information content (AvgIpc) is 2.93. The lowest BCUT2D eigenvalue weighted by molar-refractivity contribution is 0.224. The second-order valence-electron chi connectivity index (χ2n) is 6.30. The number of nitrogens with zero attached hydrogens (tertiary/aromatic N) is 1. The molecule has 0 aromatic carbocycles. The van der Waals surface area contributed by atoms with Crippen molar-refractivity contribution >= 4 is 0 Å². The van der Waals surface area contributed by atoms with Crippen molar-refractivity contribution in [2.24, 2.45) is 17.6 Å². The van der Waals surface area contributed by atoms with E-state index in [1.165, 1.54) is 25.8 Å². The minimum absolute atomic E-state index is 0.368. The summed E-state index contributed by atoms with van der Waals surface area (Å²) in [6.07, 6.45) is 5.26. The van der Waals surface area contributed by atoms with Crippen molar-refractivity contribution in [3.05, 3.63) is 0 Å². The van der Waals surface area contributed by atoms with Crippen molar-refractivity contribution in [3.8, 4) is 0 Å². The summed E-state index contributed by atoms with van der Waals surface area (Å²) in [5.74, 6) is 1.53. The van der Waals surface area contributed by atoms with E-state index >= 15 is 0 Å². The molecule has 0 aromatic rings. The number of rotatable bonds is 8. The van der Waals surface area contributed by atoms with Crippen LogP contribution in [-0.2, 0) is 0 Å². The molecule has 1 fully saturated rings. The first-order chi connectivity index (χ1) is 7.49. The van der Waals surface area contributed by atoms with Crippen LogP contribution in [0, 0.1) is 11.8 Å². The van der Waals surface area contributed by atoms with Crippen LogP contribution in [0.1, 0.15) is 53.4 Å². The molecule has 1 atom stereocenters. The zero-order chi connectivity index (χ0) is 12.1. The predicted molar refractivity (Wildman–Crippen MR) is 71.5 cm³/mol. The van der Waals surface area contributed by atoms with E-state index < -0.39 is 0 Å². The van der Waals surface area contributed by atoms with E-state index in [1.807, 2.05) is 0 Å². The molecule has 0 heterocycles. The van der Waals surface area contributed by atoms with Gasteiger partial charge in [0, 0.05) is 18.6 Å². The Morgan fingerprint density at radius 1 is 1.12 bits per heavy atom. The first-order valence-corrected chi connectivity index (χ1v) is 6.98. The van der Waals surface area contributed by atoms with E-state index in [1.54, 1.807) is 0 Å². The van der Waals surface area contributed by atoms with Gasteiger partial charge in [0.2, 0.25) is 0 Å². The Morgan fingerprint density at radius 3 is 2.19 bits per heavy atom. The maximum absolute atomic E-state index is 6.21. The zero-order valence-corrected chi connectivity index (χ0v) is 11.6. The number of hydrogen-bond donors (Lipinski definition) is 1. The summed E-state index contributed by atoms with van der Waals surface area (Å²) < 4.78 is 0. The summed E-state index contributed by atoms with van der Waals surface area (Å²) in [6, 6.07) is 1.23.